The van der Waals surface area contributed by atoms with Crippen molar-refractivity contribution in [2.45, 2.75) is 13.1 Å². The summed E-state index contributed by atoms with van der Waals surface area (Å²) in [5.74, 6) is -1.82. The zero-order valence-corrected chi connectivity index (χ0v) is 12.5. The molecule has 2 heterocycles. The van der Waals surface area contributed by atoms with Crippen LogP contribution in [0.5, 0.6) is 0 Å². The topological polar surface area (TPSA) is 55.0 Å². The van der Waals surface area contributed by atoms with E-state index >= 15 is 0 Å². The predicted octanol–water partition coefficient (Wildman–Crippen LogP) is 3.98. The van der Waals surface area contributed by atoms with Crippen molar-refractivity contribution in [2.75, 3.05) is 7.11 Å². The molecule has 21 heavy (non-hydrogen) atoms. The number of aromatic amines is 1. The van der Waals surface area contributed by atoms with Crippen molar-refractivity contribution in [1.82, 2.24) is 9.97 Å². The van der Waals surface area contributed by atoms with Gasteiger partial charge in [0.2, 0.25) is 5.82 Å². The number of aryl methyl sites for hydroxylation is 1. The second kappa shape index (κ2) is 5.57. The van der Waals surface area contributed by atoms with Crippen LogP contribution in [0.3, 0.4) is 0 Å². The molecule has 9 heteroatoms. The molecule has 2 aromatic heterocycles. The number of alkyl halides is 3. The van der Waals surface area contributed by atoms with Crippen LogP contribution in [-0.4, -0.2) is 23.0 Å². The van der Waals surface area contributed by atoms with Crippen molar-refractivity contribution in [2.24, 2.45) is 0 Å². The maximum Gasteiger partial charge on any atom is 0.449 e. The third kappa shape index (κ3) is 3.13. The zero-order chi connectivity index (χ0) is 15.8. The number of carbonyl (C=O) groups excluding carboxylic acids is 1. The summed E-state index contributed by atoms with van der Waals surface area (Å²) in [4.78, 5) is 17.4. The quantitative estimate of drug-likeness (QED) is 0.667. The van der Waals surface area contributed by atoms with Gasteiger partial charge in [-0.15, -0.1) is 11.3 Å². The number of hydrogen-bond donors (Lipinski definition) is 1. The predicted molar refractivity (Wildman–Crippen MR) is 73.8 cm³/mol. The number of methoxy groups -OCH3 is 1. The van der Waals surface area contributed by atoms with E-state index in [1.807, 2.05) is 0 Å². The van der Waals surface area contributed by atoms with E-state index < -0.39 is 18.0 Å². The van der Waals surface area contributed by atoms with Gasteiger partial charge in [0.1, 0.15) is 9.52 Å². The lowest BCUT2D eigenvalue weighted by Gasteiger charge is -2.10. The Balaban J connectivity index is 2.68. The second-order valence-corrected chi connectivity index (χ2v) is 5.39. The molecule has 0 aliphatic rings. The van der Waals surface area contributed by atoms with Gasteiger partial charge in [-0.1, -0.05) is 12.2 Å². The largest absolute Gasteiger partial charge is 0.465 e. The number of aromatic nitrogens is 2. The van der Waals surface area contributed by atoms with Crippen LogP contribution >= 0.6 is 23.6 Å². The Morgan fingerprint density at radius 3 is 2.71 bits per heavy atom. The van der Waals surface area contributed by atoms with Crippen LogP contribution in [0.15, 0.2) is 11.4 Å². The van der Waals surface area contributed by atoms with Gasteiger partial charge < -0.3 is 9.72 Å². The Morgan fingerprint density at radius 2 is 2.14 bits per heavy atom. The zero-order valence-electron chi connectivity index (χ0n) is 10.9. The molecule has 0 radical (unpaired) electrons. The molecule has 1 N–H and O–H groups in total. The Morgan fingerprint density at radius 1 is 1.48 bits per heavy atom. The number of nitrogens with one attached hydrogen (secondary N) is 1. The molecular formula is C12H9F3N2O2S2. The first kappa shape index (κ1) is 15.6. The van der Waals surface area contributed by atoms with Crippen molar-refractivity contribution in [3.8, 4) is 11.3 Å². The third-order valence-electron chi connectivity index (χ3n) is 2.63. The van der Waals surface area contributed by atoms with Crippen LogP contribution in [0, 0.1) is 11.6 Å². The van der Waals surface area contributed by atoms with Gasteiger partial charge in [-0.2, -0.15) is 13.2 Å². The van der Waals surface area contributed by atoms with Crippen molar-refractivity contribution < 1.29 is 22.7 Å². The minimum atomic E-state index is -4.65. The molecule has 2 aromatic rings. The highest BCUT2D eigenvalue weighted by atomic mass is 32.1. The fraction of sp³-hybridized carbons (Fsp3) is 0.250. The Kier molecular flexibility index (Phi) is 4.15. The van der Waals surface area contributed by atoms with E-state index in [-0.39, 0.29) is 15.2 Å². The van der Waals surface area contributed by atoms with Crippen LogP contribution < -0.4 is 0 Å². The number of carbonyl (C=O) groups is 1. The van der Waals surface area contributed by atoms with E-state index in [4.69, 9.17) is 12.2 Å². The Labute approximate surface area is 126 Å². The number of hydrogen-bond acceptors (Lipinski definition) is 5. The molecule has 0 saturated carbocycles. The molecule has 2 rings (SSSR count). The molecule has 0 amide bonds. The number of rotatable bonds is 2. The number of halogens is 3. The highest BCUT2D eigenvalue weighted by Crippen LogP contribution is 2.34. The average molecular weight is 334 g/mol. The van der Waals surface area contributed by atoms with Gasteiger partial charge in [0.15, 0.2) is 0 Å². The van der Waals surface area contributed by atoms with E-state index in [0.29, 0.717) is 11.1 Å². The third-order valence-corrected chi connectivity index (χ3v) is 3.91. The average Bonchev–Trinajstić information content (AvgIpc) is 2.78. The van der Waals surface area contributed by atoms with E-state index in [2.05, 4.69) is 14.7 Å². The van der Waals surface area contributed by atoms with Crippen molar-refractivity contribution in [1.29, 1.82) is 0 Å². The molecule has 0 fully saturated rings. The lowest BCUT2D eigenvalue weighted by molar-refractivity contribution is -0.145. The standard InChI is InChI=1S/C12H9F3N2O2S2/c1-5-4-21-9(10(18)19-2)8(5)6-3-7(20)17-11(16-6)12(13,14)15/h3-4H,1-2H3,(H,16,17,20). The van der Waals surface area contributed by atoms with E-state index in [0.717, 1.165) is 11.3 Å². The minimum Gasteiger partial charge on any atom is -0.465 e. The van der Waals surface area contributed by atoms with Crippen LogP contribution in [0.1, 0.15) is 21.1 Å². The molecule has 112 valence electrons. The first-order valence-corrected chi connectivity index (χ1v) is 6.88. The summed E-state index contributed by atoms with van der Waals surface area (Å²) in [5, 5.41) is 1.66. The van der Waals surface area contributed by atoms with Crippen molar-refractivity contribution in [3.05, 3.63) is 32.4 Å². The Hall–Kier alpha value is -1.74. The molecule has 0 bridgehead atoms. The lowest BCUT2D eigenvalue weighted by atomic mass is 10.1. The summed E-state index contributed by atoms with van der Waals surface area (Å²) < 4.78 is 42.8. The molecule has 0 atom stereocenters. The molecular weight excluding hydrogens is 325 g/mol. The molecule has 0 aliphatic heterocycles. The van der Waals surface area contributed by atoms with Gasteiger partial charge in [0, 0.05) is 5.56 Å². The van der Waals surface area contributed by atoms with Gasteiger partial charge in [0.25, 0.3) is 0 Å². The molecule has 4 nitrogen and oxygen atoms in total. The van der Waals surface area contributed by atoms with Crippen LogP contribution in [0.4, 0.5) is 13.2 Å². The molecule has 0 saturated heterocycles. The summed E-state index contributed by atoms with van der Waals surface area (Å²) in [5.41, 5.74) is 1.07. The van der Waals surface area contributed by atoms with Crippen molar-refractivity contribution >= 4 is 29.5 Å². The van der Waals surface area contributed by atoms with Crippen LogP contribution in [0.2, 0.25) is 0 Å². The summed E-state index contributed by atoms with van der Waals surface area (Å²) in [7, 11) is 1.21. The van der Waals surface area contributed by atoms with Crippen molar-refractivity contribution in [3.63, 3.8) is 0 Å². The molecule has 0 unspecified atom stereocenters. The van der Waals surface area contributed by atoms with E-state index in [1.165, 1.54) is 13.2 Å². The smallest absolute Gasteiger partial charge is 0.449 e. The maximum atomic E-state index is 12.8. The SMILES string of the molecule is COC(=O)c1scc(C)c1-c1cc(=S)nc(C(F)(F)F)[nH]1. The number of nitrogens with zero attached hydrogens (tertiary/aromatic N) is 1. The molecule has 0 aromatic carbocycles. The number of ether oxygens (including phenoxy) is 1. The highest BCUT2D eigenvalue weighted by Gasteiger charge is 2.34. The fourth-order valence-corrected chi connectivity index (χ4v) is 2.94. The normalized spacial score (nSPS) is 11.5. The summed E-state index contributed by atoms with van der Waals surface area (Å²) >= 11 is 5.86. The maximum absolute atomic E-state index is 12.8. The van der Waals surface area contributed by atoms with E-state index in [1.54, 1.807) is 12.3 Å². The first-order chi connectivity index (χ1) is 9.74. The molecule has 0 aliphatic carbocycles. The fourth-order valence-electron chi connectivity index (χ4n) is 1.75. The minimum absolute atomic E-state index is 0.0847. The van der Waals surface area contributed by atoms with Gasteiger partial charge in [0.05, 0.1) is 12.8 Å². The first-order valence-electron chi connectivity index (χ1n) is 5.59. The lowest BCUT2D eigenvalue weighted by Crippen LogP contribution is -2.12. The molecule has 0 spiro atoms. The van der Waals surface area contributed by atoms with E-state index in [9.17, 15) is 18.0 Å². The van der Waals surface area contributed by atoms with Gasteiger partial charge >= 0.3 is 12.1 Å². The Bertz CT molecular complexity index is 750. The van der Waals surface area contributed by atoms with Gasteiger partial charge in [-0.25, -0.2) is 9.78 Å². The number of H-pyrrole nitrogens is 1. The summed E-state index contributed by atoms with van der Waals surface area (Å²) in [6, 6.07) is 1.28. The second-order valence-electron chi connectivity index (χ2n) is 4.09. The number of thiophene rings is 1. The van der Waals surface area contributed by atoms with Gasteiger partial charge in [-0.05, 0) is 23.9 Å². The monoisotopic (exact) mass is 334 g/mol. The summed E-state index contributed by atoms with van der Waals surface area (Å²) in [6.45, 7) is 1.68. The van der Waals surface area contributed by atoms with Crippen LogP contribution in [0.25, 0.3) is 11.3 Å². The van der Waals surface area contributed by atoms with Crippen LogP contribution in [-0.2, 0) is 10.9 Å². The highest BCUT2D eigenvalue weighted by molar-refractivity contribution is 7.71. The summed E-state index contributed by atoms with van der Waals surface area (Å²) in [6.07, 6.45) is -4.65. The van der Waals surface area contributed by atoms with Gasteiger partial charge in [-0.3, -0.25) is 0 Å². The number of esters is 1.